The van der Waals surface area contributed by atoms with Gasteiger partial charge in [0.25, 0.3) is 0 Å². The highest BCUT2D eigenvalue weighted by molar-refractivity contribution is 5.79. The minimum absolute atomic E-state index is 0.0249. The third-order valence-corrected chi connectivity index (χ3v) is 19.0. The Morgan fingerprint density at radius 2 is 1.47 bits per heavy atom. The number of hydrogen-bond acceptors (Lipinski definition) is 16. The second kappa shape index (κ2) is 17.4. The molecular weight excluding hydrogens is 833 g/mol. The van der Waals surface area contributed by atoms with Crippen molar-refractivity contribution in [3.63, 3.8) is 0 Å². The predicted octanol–water partition coefficient (Wildman–Crippen LogP) is 1.98. The van der Waals surface area contributed by atoms with Gasteiger partial charge in [0.15, 0.2) is 12.6 Å². The summed E-state index contributed by atoms with van der Waals surface area (Å²) in [5.41, 5.74) is -0.948. The van der Waals surface area contributed by atoms with Crippen LogP contribution in [-0.2, 0) is 33.2 Å². The Bertz CT molecular complexity index is 1780. The molecule has 0 aromatic carbocycles. The van der Waals surface area contributed by atoms with Crippen molar-refractivity contribution in [3.05, 3.63) is 23.8 Å². The van der Waals surface area contributed by atoms with Crippen molar-refractivity contribution in [3.8, 4) is 0 Å². The van der Waals surface area contributed by atoms with Crippen LogP contribution in [0.25, 0.3) is 0 Å². The molecule has 9 N–H and O–H groups in total. The van der Waals surface area contributed by atoms with Gasteiger partial charge >= 0.3 is 5.97 Å². The Morgan fingerprint density at radius 1 is 0.766 bits per heavy atom. The monoisotopic (exact) mass is 909 g/mol. The molecule has 16 nitrogen and oxygen atoms in total. The van der Waals surface area contributed by atoms with Crippen molar-refractivity contribution in [2.24, 2.45) is 50.2 Å². The minimum Gasteiger partial charge on any atom is -0.432 e. The third-order valence-electron chi connectivity index (χ3n) is 19.0. The van der Waals surface area contributed by atoms with E-state index >= 15 is 0 Å². The van der Waals surface area contributed by atoms with Crippen molar-refractivity contribution < 1.29 is 79.2 Å². The van der Waals surface area contributed by atoms with Crippen LogP contribution in [0, 0.1) is 50.2 Å². The first-order valence-corrected chi connectivity index (χ1v) is 23.8. The first-order chi connectivity index (χ1) is 30.0. The molecule has 3 heterocycles. The van der Waals surface area contributed by atoms with Crippen LogP contribution in [0.5, 0.6) is 0 Å². The molecule has 0 radical (unpaired) electrons. The quantitative estimate of drug-likeness (QED) is 0.0911. The lowest BCUT2D eigenvalue weighted by molar-refractivity contribution is -0.313. The van der Waals surface area contributed by atoms with E-state index in [9.17, 15) is 50.8 Å². The normalized spacial score (nSPS) is 52.6. The van der Waals surface area contributed by atoms with Crippen molar-refractivity contribution in [1.82, 2.24) is 0 Å². The molecule has 0 aromatic rings. The SMILES string of the molecule is C=C1[C@@H](O)C(OC[C@H]2OC(OC(=O)C34CCC(C)(C)CC3C3=CC[C@H]5C(C)(CCC6C(C)(CO)C(OC7OCC[C@H](O)[C@H]7O)CC[C@@]65C)[C@]3(C)CC4)[C@H](O)[C@@H](O)[C@@H]2O)OC(CO)[C@H]1O. The Labute approximate surface area is 376 Å². The summed E-state index contributed by atoms with van der Waals surface area (Å²) in [5, 5.41) is 96.0. The van der Waals surface area contributed by atoms with Gasteiger partial charge in [-0.2, -0.15) is 0 Å². The largest absolute Gasteiger partial charge is 0.432 e. The molecule has 0 amide bonds. The Hall–Kier alpha value is -1.61. The zero-order chi connectivity index (χ0) is 46.5. The standard InChI is InChI=1S/C48H76O16/c1-24-33(52)28(21-49)61-39(34(24)53)60-22-29-36(55)37(56)38(57)41(62-29)64-42(58)48-17-15-43(2,3)20-26(48)25-8-9-31-44(4)13-11-32(63-40-35(54)27(51)12-19-59-40)45(5,23-50)30(44)10-14-47(31,7)46(25,6)16-18-48/h8,26-41,49-57H,1,9-23H2,2-7H3/t26?,27-,28?,29+,30?,31+,32?,33-,34+,35+,36+,37-,38+,39?,40?,41?,44-,45?,46+,47?,48?/m0/s1. The van der Waals surface area contributed by atoms with Crippen LogP contribution in [0.1, 0.15) is 112 Å². The predicted molar refractivity (Wildman–Crippen MR) is 227 cm³/mol. The average Bonchev–Trinajstić information content (AvgIpc) is 3.25. The zero-order valence-corrected chi connectivity index (χ0v) is 38.5. The molecule has 16 heteroatoms. The second-order valence-corrected chi connectivity index (χ2v) is 22.7. The van der Waals surface area contributed by atoms with Gasteiger partial charge in [0.05, 0.1) is 44.1 Å². The third kappa shape index (κ3) is 7.60. The molecule has 7 fully saturated rings. The van der Waals surface area contributed by atoms with Gasteiger partial charge in [-0.1, -0.05) is 59.8 Å². The van der Waals surface area contributed by atoms with Crippen LogP contribution in [-0.4, -0.2) is 158 Å². The van der Waals surface area contributed by atoms with E-state index in [0.717, 1.165) is 44.9 Å². The van der Waals surface area contributed by atoms with Crippen LogP contribution in [0.4, 0.5) is 0 Å². The molecule has 364 valence electrons. The van der Waals surface area contributed by atoms with Gasteiger partial charge in [0.2, 0.25) is 6.29 Å². The summed E-state index contributed by atoms with van der Waals surface area (Å²) in [6.45, 7) is 16.7. The lowest BCUT2D eigenvalue weighted by Gasteiger charge is -2.71. The van der Waals surface area contributed by atoms with Crippen LogP contribution < -0.4 is 0 Å². The van der Waals surface area contributed by atoms with Gasteiger partial charge in [-0.3, -0.25) is 4.79 Å². The number of esters is 1. The van der Waals surface area contributed by atoms with E-state index in [4.69, 9.17) is 28.4 Å². The Kier molecular flexibility index (Phi) is 13.3. The number of rotatable bonds is 9. The maximum Gasteiger partial charge on any atom is 0.315 e. The summed E-state index contributed by atoms with van der Waals surface area (Å²) in [7, 11) is 0. The van der Waals surface area contributed by atoms with Gasteiger partial charge in [-0.15, -0.1) is 0 Å². The molecule has 0 bridgehead atoms. The highest BCUT2D eigenvalue weighted by Crippen LogP contribution is 2.76. The topological polar surface area (TPSA) is 255 Å². The van der Waals surface area contributed by atoms with E-state index in [1.807, 2.05) is 0 Å². The number of ether oxygens (including phenoxy) is 6. The van der Waals surface area contributed by atoms with Crippen LogP contribution in [0.15, 0.2) is 23.8 Å². The van der Waals surface area contributed by atoms with Gasteiger partial charge in [-0.05, 0) is 116 Å². The van der Waals surface area contributed by atoms with Crippen molar-refractivity contribution >= 4 is 5.97 Å². The molecule has 21 atom stereocenters. The molecular formula is C48H76O16. The van der Waals surface area contributed by atoms with Gasteiger partial charge in [0, 0.05) is 5.41 Å². The molecule has 10 unspecified atom stereocenters. The fourth-order valence-corrected chi connectivity index (χ4v) is 14.6. The number of fused-ring (bicyclic) bond motifs is 7. The summed E-state index contributed by atoms with van der Waals surface area (Å²) >= 11 is 0. The molecule has 4 saturated carbocycles. The first-order valence-electron chi connectivity index (χ1n) is 23.8. The van der Waals surface area contributed by atoms with Gasteiger partial charge in [-0.25, -0.2) is 0 Å². The maximum absolute atomic E-state index is 15.0. The van der Waals surface area contributed by atoms with Gasteiger partial charge in [0.1, 0.15) is 48.8 Å². The molecule has 5 aliphatic carbocycles. The molecule has 3 saturated heterocycles. The number of carbonyl (C=O) groups is 1. The van der Waals surface area contributed by atoms with Crippen molar-refractivity contribution in [2.75, 3.05) is 26.4 Å². The Balaban J connectivity index is 1.02. The Morgan fingerprint density at radius 3 is 2.17 bits per heavy atom. The molecule has 0 aromatic heterocycles. The van der Waals surface area contributed by atoms with E-state index in [1.54, 1.807) is 0 Å². The van der Waals surface area contributed by atoms with E-state index in [-0.39, 0.29) is 57.7 Å². The number of carbonyl (C=O) groups excluding carboxylic acids is 1. The highest BCUT2D eigenvalue weighted by atomic mass is 16.7. The summed E-state index contributed by atoms with van der Waals surface area (Å²) in [4.78, 5) is 15.0. The van der Waals surface area contributed by atoms with Crippen LogP contribution >= 0.6 is 0 Å². The number of allylic oxidation sites excluding steroid dienone is 2. The minimum atomic E-state index is -1.77. The van der Waals surface area contributed by atoms with E-state index in [0.29, 0.717) is 32.3 Å². The molecule has 3 aliphatic heterocycles. The fraction of sp³-hybridized carbons (Fsp3) is 0.896. The van der Waals surface area contributed by atoms with Crippen molar-refractivity contribution in [1.29, 1.82) is 0 Å². The molecule has 64 heavy (non-hydrogen) atoms. The summed E-state index contributed by atoms with van der Waals surface area (Å²) in [6, 6.07) is 0. The highest BCUT2D eigenvalue weighted by Gasteiger charge is 2.70. The van der Waals surface area contributed by atoms with E-state index in [2.05, 4.69) is 54.2 Å². The lowest BCUT2D eigenvalue weighted by atomic mass is 9.33. The fourth-order valence-electron chi connectivity index (χ4n) is 14.6. The summed E-state index contributed by atoms with van der Waals surface area (Å²) < 4.78 is 35.7. The van der Waals surface area contributed by atoms with Crippen LogP contribution in [0.2, 0.25) is 0 Å². The maximum atomic E-state index is 15.0. The van der Waals surface area contributed by atoms with E-state index in [1.165, 1.54) is 5.57 Å². The average molecular weight is 909 g/mol. The molecule has 0 spiro atoms. The zero-order valence-electron chi connectivity index (χ0n) is 38.5. The molecule has 8 aliphatic rings. The number of hydrogen-bond donors (Lipinski definition) is 9. The number of aliphatic hydroxyl groups excluding tert-OH is 9. The van der Waals surface area contributed by atoms with Gasteiger partial charge < -0.3 is 74.4 Å². The first kappa shape index (κ1) is 48.8. The van der Waals surface area contributed by atoms with Crippen LogP contribution in [0.3, 0.4) is 0 Å². The number of aliphatic hydroxyl groups is 9. The summed E-state index contributed by atoms with van der Waals surface area (Å²) in [6.07, 6.45) is -6.67. The van der Waals surface area contributed by atoms with Crippen molar-refractivity contribution in [2.45, 2.75) is 192 Å². The summed E-state index contributed by atoms with van der Waals surface area (Å²) in [5.74, 6) is -0.306. The second-order valence-electron chi connectivity index (χ2n) is 22.7. The molecule has 8 rings (SSSR count). The van der Waals surface area contributed by atoms with E-state index < -0.39 is 104 Å². The lowest BCUT2D eigenvalue weighted by Crippen LogP contribution is -2.66. The smallest absolute Gasteiger partial charge is 0.315 e.